The Labute approximate surface area is 180 Å². The summed E-state index contributed by atoms with van der Waals surface area (Å²) in [5, 5.41) is 12.0. The Kier molecular flexibility index (Phi) is 5.87. The van der Waals surface area contributed by atoms with Gasteiger partial charge in [-0.25, -0.2) is 9.59 Å². The SMILES string of the molecule is O=C(Cc1ccccc1)N[C@@H]1C(=O)N2C(C(=O)O)=C(SCC3=CC(=O)OC3)CS[C@H]12. The van der Waals surface area contributed by atoms with Crippen LogP contribution in [0.3, 0.4) is 0 Å². The van der Waals surface area contributed by atoms with Crippen molar-refractivity contribution in [3.8, 4) is 0 Å². The van der Waals surface area contributed by atoms with Crippen LogP contribution in [0.5, 0.6) is 0 Å². The number of nitrogens with zero attached hydrogens (tertiary/aromatic N) is 1. The van der Waals surface area contributed by atoms with Crippen molar-refractivity contribution in [2.24, 2.45) is 0 Å². The van der Waals surface area contributed by atoms with Crippen LogP contribution in [0.1, 0.15) is 5.56 Å². The number of carboxylic acids is 1. The highest BCUT2D eigenvalue weighted by Gasteiger charge is 2.54. The number of aliphatic carboxylic acids is 1. The topological polar surface area (TPSA) is 113 Å². The summed E-state index contributed by atoms with van der Waals surface area (Å²) in [6, 6.07) is 8.45. The van der Waals surface area contributed by atoms with Gasteiger partial charge in [0.2, 0.25) is 5.91 Å². The number of benzene rings is 1. The Morgan fingerprint density at radius 2 is 2.03 bits per heavy atom. The van der Waals surface area contributed by atoms with E-state index < -0.39 is 29.3 Å². The summed E-state index contributed by atoms with van der Waals surface area (Å²) in [5.74, 6) is -1.46. The minimum Gasteiger partial charge on any atom is -0.477 e. The van der Waals surface area contributed by atoms with Gasteiger partial charge in [0.1, 0.15) is 23.7 Å². The van der Waals surface area contributed by atoms with Crippen LogP contribution in [0.25, 0.3) is 0 Å². The predicted molar refractivity (Wildman–Crippen MR) is 111 cm³/mol. The summed E-state index contributed by atoms with van der Waals surface area (Å²) in [4.78, 5) is 49.8. The average molecular weight is 447 g/mol. The average Bonchev–Trinajstić information content (AvgIpc) is 3.15. The number of cyclic esters (lactones) is 1. The molecule has 2 atom stereocenters. The molecule has 2 N–H and O–H groups in total. The van der Waals surface area contributed by atoms with Gasteiger partial charge in [-0.1, -0.05) is 30.3 Å². The highest BCUT2D eigenvalue weighted by atomic mass is 32.2. The molecule has 3 aliphatic rings. The van der Waals surface area contributed by atoms with E-state index in [-0.39, 0.29) is 24.6 Å². The molecule has 3 heterocycles. The van der Waals surface area contributed by atoms with Crippen molar-refractivity contribution in [2.75, 3.05) is 18.1 Å². The van der Waals surface area contributed by atoms with Crippen LogP contribution in [-0.2, 0) is 30.3 Å². The Bertz CT molecular complexity index is 975. The number of hydrogen-bond acceptors (Lipinski definition) is 7. The third kappa shape index (κ3) is 4.10. The van der Waals surface area contributed by atoms with E-state index in [1.54, 1.807) is 0 Å². The van der Waals surface area contributed by atoms with Gasteiger partial charge in [-0.15, -0.1) is 23.5 Å². The van der Waals surface area contributed by atoms with Gasteiger partial charge in [-0.3, -0.25) is 14.5 Å². The van der Waals surface area contributed by atoms with E-state index in [0.717, 1.165) is 11.1 Å². The highest BCUT2D eigenvalue weighted by molar-refractivity contribution is 8.06. The zero-order chi connectivity index (χ0) is 21.3. The number of β-lactam (4-membered cyclic amide) rings is 1. The Balaban J connectivity index is 1.42. The molecule has 3 aliphatic heterocycles. The molecule has 10 heteroatoms. The number of carbonyl (C=O) groups is 4. The monoisotopic (exact) mass is 446 g/mol. The Morgan fingerprint density at radius 1 is 1.27 bits per heavy atom. The number of rotatable bonds is 7. The van der Waals surface area contributed by atoms with E-state index in [1.165, 1.54) is 34.5 Å². The number of fused-ring (bicyclic) bond motifs is 1. The maximum Gasteiger partial charge on any atom is 0.353 e. The van der Waals surface area contributed by atoms with Crippen molar-refractivity contribution in [1.82, 2.24) is 10.2 Å². The molecular formula is C20H18N2O6S2. The lowest BCUT2D eigenvalue weighted by Gasteiger charge is -2.49. The number of thioether (sulfide) groups is 2. The van der Waals surface area contributed by atoms with Crippen LogP contribution in [0, 0.1) is 0 Å². The smallest absolute Gasteiger partial charge is 0.353 e. The van der Waals surface area contributed by atoms with E-state index in [9.17, 15) is 24.3 Å². The first-order valence-corrected chi connectivity index (χ1v) is 11.2. The molecule has 0 spiro atoms. The molecule has 0 radical (unpaired) electrons. The van der Waals surface area contributed by atoms with Crippen molar-refractivity contribution in [1.29, 1.82) is 0 Å². The summed E-state index contributed by atoms with van der Waals surface area (Å²) in [7, 11) is 0. The molecular weight excluding hydrogens is 428 g/mol. The Morgan fingerprint density at radius 3 is 2.70 bits per heavy atom. The van der Waals surface area contributed by atoms with Gasteiger partial charge in [-0.05, 0) is 11.1 Å². The van der Waals surface area contributed by atoms with Gasteiger partial charge >= 0.3 is 11.9 Å². The van der Waals surface area contributed by atoms with Crippen LogP contribution < -0.4 is 5.32 Å². The first kappa shape index (κ1) is 20.5. The summed E-state index contributed by atoms with van der Waals surface area (Å²) < 4.78 is 4.85. The molecule has 30 heavy (non-hydrogen) atoms. The van der Waals surface area contributed by atoms with Crippen molar-refractivity contribution in [2.45, 2.75) is 17.8 Å². The third-order valence-corrected chi connectivity index (χ3v) is 7.48. The van der Waals surface area contributed by atoms with Gasteiger partial charge < -0.3 is 15.2 Å². The quantitative estimate of drug-likeness (QED) is 0.474. The first-order chi connectivity index (χ1) is 14.4. The largest absolute Gasteiger partial charge is 0.477 e. The number of hydrogen-bond donors (Lipinski definition) is 2. The summed E-state index contributed by atoms with van der Waals surface area (Å²) in [6.45, 7) is 0.204. The van der Waals surface area contributed by atoms with Crippen LogP contribution >= 0.6 is 23.5 Å². The molecule has 0 saturated carbocycles. The molecule has 2 amide bonds. The van der Waals surface area contributed by atoms with Gasteiger partial charge in [0.05, 0.1) is 6.42 Å². The van der Waals surface area contributed by atoms with E-state index in [1.807, 2.05) is 30.3 Å². The fourth-order valence-electron chi connectivity index (χ4n) is 3.38. The van der Waals surface area contributed by atoms with Gasteiger partial charge in [-0.2, -0.15) is 0 Å². The summed E-state index contributed by atoms with van der Waals surface area (Å²) in [6.07, 6.45) is 1.56. The molecule has 8 nitrogen and oxygen atoms in total. The van der Waals surface area contributed by atoms with E-state index in [0.29, 0.717) is 16.4 Å². The number of amides is 2. The third-order valence-electron chi connectivity index (χ3n) is 4.81. The van der Waals surface area contributed by atoms with Crippen molar-refractivity contribution < 1.29 is 29.0 Å². The molecule has 4 rings (SSSR count). The fourth-order valence-corrected chi connectivity index (χ4v) is 5.96. The van der Waals surface area contributed by atoms with Crippen LogP contribution in [0.4, 0.5) is 0 Å². The second-order valence-electron chi connectivity index (χ2n) is 6.89. The molecule has 1 fully saturated rings. The van der Waals surface area contributed by atoms with Crippen LogP contribution in [0.2, 0.25) is 0 Å². The number of nitrogens with one attached hydrogen (secondary N) is 1. The first-order valence-electron chi connectivity index (χ1n) is 9.17. The molecule has 1 aromatic rings. The number of esters is 1. The standard InChI is InChI=1S/C20H18N2O6S2/c23-14(6-11-4-2-1-3-5-11)21-16-18(25)22-17(20(26)27)13(10-30-19(16)22)29-9-12-7-15(24)28-8-12/h1-5,7,16,19H,6,8-10H2,(H,21,23)(H,26,27)/t16-,19-/m1/s1. The van der Waals surface area contributed by atoms with E-state index >= 15 is 0 Å². The predicted octanol–water partition coefficient (Wildman–Crippen LogP) is 1.14. The van der Waals surface area contributed by atoms with E-state index in [2.05, 4.69) is 5.32 Å². The number of ether oxygens (including phenoxy) is 1. The molecule has 1 aromatic carbocycles. The van der Waals surface area contributed by atoms with Crippen molar-refractivity contribution >= 4 is 47.3 Å². The van der Waals surface area contributed by atoms with Gasteiger partial charge in [0.25, 0.3) is 5.91 Å². The number of carbonyl (C=O) groups excluding carboxylic acids is 3. The maximum atomic E-state index is 12.7. The minimum absolute atomic E-state index is 0.0480. The molecule has 0 unspecified atom stereocenters. The Hall–Kier alpha value is -2.72. The molecule has 156 valence electrons. The lowest BCUT2D eigenvalue weighted by Crippen LogP contribution is -2.70. The van der Waals surface area contributed by atoms with Crippen molar-refractivity contribution in [3.05, 3.63) is 58.1 Å². The zero-order valence-corrected chi connectivity index (χ0v) is 17.3. The molecule has 1 saturated heterocycles. The molecule has 0 aromatic heterocycles. The number of carboxylic acid groups (broad SMARTS) is 1. The van der Waals surface area contributed by atoms with E-state index in [4.69, 9.17) is 4.74 Å². The second kappa shape index (κ2) is 8.57. The highest BCUT2D eigenvalue weighted by Crippen LogP contribution is 2.43. The van der Waals surface area contributed by atoms with Gasteiger partial charge in [0, 0.05) is 22.5 Å². The normalized spacial score (nSPS) is 22.8. The summed E-state index contributed by atoms with van der Waals surface area (Å²) in [5.41, 5.74) is 1.56. The fraction of sp³-hybridized carbons (Fsp3) is 0.300. The van der Waals surface area contributed by atoms with Crippen LogP contribution in [0.15, 0.2) is 52.6 Å². The molecule has 0 bridgehead atoms. The minimum atomic E-state index is -1.18. The maximum absolute atomic E-state index is 12.7. The molecule has 0 aliphatic carbocycles. The van der Waals surface area contributed by atoms with Crippen molar-refractivity contribution in [3.63, 3.8) is 0 Å². The summed E-state index contributed by atoms with van der Waals surface area (Å²) >= 11 is 2.70. The lowest BCUT2D eigenvalue weighted by molar-refractivity contribution is -0.150. The zero-order valence-electron chi connectivity index (χ0n) is 15.7. The van der Waals surface area contributed by atoms with Gasteiger partial charge in [0.15, 0.2) is 0 Å². The second-order valence-corrected chi connectivity index (χ2v) is 9.07. The lowest BCUT2D eigenvalue weighted by atomic mass is 10.0. The van der Waals surface area contributed by atoms with Crippen LogP contribution in [-0.4, -0.2) is 63.3 Å².